The number of nitrogens with one attached hydrogen (secondary N) is 2. The first kappa shape index (κ1) is 19.4. The summed E-state index contributed by atoms with van der Waals surface area (Å²) in [6, 6.07) is 9.75. The molecular weight excluding hydrogens is 394 g/mol. The second-order valence-corrected chi connectivity index (χ2v) is 8.69. The lowest BCUT2D eigenvalue weighted by atomic mass is 9.86. The monoisotopic (exact) mass is 415 g/mol. The maximum atomic E-state index is 13.3. The van der Waals surface area contributed by atoms with Gasteiger partial charge in [0.05, 0.1) is 11.4 Å². The first-order chi connectivity index (χ1) is 14.0. The molecule has 0 aliphatic heterocycles. The van der Waals surface area contributed by atoms with E-state index in [2.05, 4.69) is 9.71 Å². The number of aromatic nitrogens is 1. The van der Waals surface area contributed by atoms with Gasteiger partial charge in [0.1, 0.15) is 10.5 Å². The summed E-state index contributed by atoms with van der Waals surface area (Å²) in [5.41, 5.74) is 2.77. The first-order valence-corrected chi connectivity index (χ1v) is 10.9. The lowest BCUT2D eigenvalue weighted by molar-refractivity contribution is 0.0673. The maximum Gasteiger partial charge on any atom is 0.311 e. The third-order valence-corrected chi connectivity index (χ3v) is 6.63. The molecule has 152 valence electrons. The smallest absolute Gasteiger partial charge is 0.311 e. The zero-order valence-corrected chi connectivity index (χ0v) is 16.4. The van der Waals surface area contributed by atoms with Crippen LogP contribution in [0.3, 0.4) is 0 Å². The van der Waals surface area contributed by atoms with Crippen molar-refractivity contribution in [2.45, 2.75) is 42.9 Å². The van der Waals surface area contributed by atoms with Crippen molar-refractivity contribution in [1.82, 2.24) is 10.5 Å². The van der Waals surface area contributed by atoms with E-state index >= 15 is 0 Å². The molecule has 1 saturated carbocycles. The summed E-state index contributed by atoms with van der Waals surface area (Å²) in [5.74, 6) is -1.34. The number of sulfonamides is 1. The molecule has 29 heavy (non-hydrogen) atoms. The molecule has 0 radical (unpaired) electrons. The topological polar surface area (TPSA) is 122 Å². The number of furan rings is 1. The van der Waals surface area contributed by atoms with Crippen LogP contribution in [-0.4, -0.2) is 24.5 Å². The van der Waals surface area contributed by atoms with Crippen LogP contribution in [0, 0.1) is 0 Å². The van der Waals surface area contributed by atoms with Gasteiger partial charge in [0.2, 0.25) is 5.76 Å². The number of pyridine rings is 1. The van der Waals surface area contributed by atoms with E-state index in [1.165, 1.54) is 11.9 Å². The van der Waals surface area contributed by atoms with E-state index < -0.39 is 21.7 Å². The van der Waals surface area contributed by atoms with Gasteiger partial charge in [0, 0.05) is 17.5 Å². The largest absolute Gasteiger partial charge is 0.449 e. The van der Waals surface area contributed by atoms with Crippen molar-refractivity contribution >= 4 is 32.6 Å². The molecule has 2 heterocycles. The van der Waals surface area contributed by atoms with Crippen molar-refractivity contribution in [3.8, 4) is 0 Å². The average molecular weight is 415 g/mol. The Bertz CT molecular complexity index is 1150. The molecule has 9 heteroatoms. The Morgan fingerprint density at radius 3 is 2.62 bits per heavy atom. The third kappa shape index (κ3) is 3.70. The fraction of sp³-hybridized carbons (Fsp3) is 0.300. The molecule has 3 aromatic rings. The van der Waals surface area contributed by atoms with Gasteiger partial charge in [0.15, 0.2) is 0 Å². The molecule has 2 aromatic heterocycles. The van der Waals surface area contributed by atoms with Crippen LogP contribution >= 0.6 is 0 Å². The molecule has 1 aromatic carbocycles. The Labute approximate surface area is 168 Å². The molecule has 0 saturated heterocycles. The fourth-order valence-electron chi connectivity index (χ4n) is 3.89. The van der Waals surface area contributed by atoms with E-state index in [0.29, 0.717) is 11.4 Å². The molecule has 0 unspecified atom stereocenters. The van der Waals surface area contributed by atoms with E-state index in [4.69, 9.17) is 9.62 Å². The van der Waals surface area contributed by atoms with Crippen LogP contribution in [0.4, 0.5) is 5.69 Å². The highest BCUT2D eigenvalue weighted by Crippen LogP contribution is 2.37. The summed E-state index contributed by atoms with van der Waals surface area (Å²) in [6.07, 6.45) is 6.91. The number of anilines is 1. The van der Waals surface area contributed by atoms with Gasteiger partial charge in [-0.1, -0.05) is 31.4 Å². The lowest BCUT2D eigenvalue weighted by Crippen LogP contribution is -2.23. The number of hydrogen-bond donors (Lipinski definition) is 3. The van der Waals surface area contributed by atoms with Gasteiger partial charge in [0.25, 0.3) is 10.0 Å². The molecule has 0 atom stereocenters. The number of nitrogens with zero attached hydrogens (tertiary/aromatic N) is 1. The van der Waals surface area contributed by atoms with Crippen molar-refractivity contribution in [3.63, 3.8) is 0 Å². The first-order valence-electron chi connectivity index (χ1n) is 9.45. The minimum absolute atomic E-state index is 0.184. The molecule has 0 spiro atoms. The Morgan fingerprint density at radius 1 is 1.10 bits per heavy atom. The van der Waals surface area contributed by atoms with Crippen molar-refractivity contribution in [2.75, 3.05) is 4.72 Å². The molecule has 1 aliphatic carbocycles. The average Bonchev–Trinajstić information content (AvgIpc) is 3.14. The molecule has 1 amide bonds. The summed E-state index contributed by atoms with van der Waals surface area (Å²) in [5, 5.41) is 9.27. The number of hydroxylamine groups is 1. The Kier molecular flexibility index (Phi) is 5.25. The highest BCUT2D eigenvalue weighted by Gasteiger charge is 2.31. The molecular formula is C20H21N3O5S. The number of benzene rings is 1. The summed E-state index contributed by atoms with van der Waals surface area (Å²) >= 11 is 0. The second kappa shape index (κ2) is 7.84. The highest BCUT2D eigenvalue weighted by atomic mass is 32.2. The second-order valence-electron chi connectivity index (χ2n) is 7.07. The molecule has 1 fully saturated rings. The van der Waals surface area contributed by atoms with E-state index in [1.807, 2.05) is 0 Å². The Morgan fingerprint density at radius 2 is 1.86 bits per heavy atom. The fourth-order valence-corrected chi connectivity index (χ4v) is 5.29. The van der Waals surface area contributed by atoms with E-state index in [0.717, 1.165) is 25.7 Å². The van der Waals surface area contributed by atoms with Crippen molar-refractivity contribution in [1.29, 1.82) is 0 Å². The van der Waals surface area contributed by atoms with Crippen molar-refractivity contribution in [3.05, 3.63) is 54.0 Å². The lowest BCUT2D eigenvalue weighted by Gasteiger charge is -2.23. The van der Waals surface area contributed by atoms with Crippen LogP contribution in [0.15, 0.2) is 51.9 Å². The van der Waals surface area contributed by atoms with E-state index in [9.17, 15) is 13.2 Å². The number of carbonyl (C=O) groups is 1. The van der Waals surface area contributed by atoms with Crippen molar-refractivity contribution in [2.24, 2.45) is 0 Å². The molecule has 0 bridgehead atoms. The summed E-state index contributed by atoms with van der Waals surface area (Å²) in [4.78, 5) is 16.2. The number of hydrogen-bond acceptors (Lipinski definition) is 6. The van der Waals surface area contributed by atoms with Gasteiger partial charge in [-0.05, 0) is 37.1 Å². The number of rotatable bonds is 5. The zero-order chi connectivity index (χ0) is 20.4. The summed E-state index contributed by atoms with van der Waals surface area (Å²) < 4.78 is 34.6. The number of para-hydroxylation sites is 1. The Balaban J connectivity index is 1.79. The number of amides is 1. The van der Waals surface area contributed by atoms with Crippen LogP contribution in [0.2, 0.25) is 0 Å². The van der Waals surface area contributed by atoms with Crippen molar-refractivity contribution < 1.29 is 22.8 Å². The van der Waals surface area contributed by atoms with E-state index in [1.54, 1.807) is 42.6 Å². The number of fused-ring (bicyclic) bond motifs is 1. The summed E-state index contributed by atoms with van der Waals surface area (Å²) in [7, 11) is -4.20. The van der Waals surface area contributed by atoms with Gasteiger partial charge in [-0.3, -0.25) is 19.7 Å². The van der Waals surface area contributed by atoms with Gasteiger partial charge in [-0.2, -0.15) is 0 Å². The van der Waals surface area contributed by atoms with Gasteiger partial charge in [-0.25, -0.2) is 13.9 Å². The quantitative estimate of drug-likeness (QED) is 0.430. The number of carbonyl (C=O) groups excluding carboxylic acids is 1. The molecule has 4 rings (SSSR count). The third-order valence-electron chi connectivity index (χ3n) is 5.20. The van der Waals surface area contributed by atoms with E-state index in [-0.39, 0.29) is 21.8 Å². The van der Waals surface area contributed by atoms with Crippen LogP contribution in [0.1, 0.15) is 54.3 Å². The minimum Gasteiger partial charge on any atom is -0.449 e. The summed E-state index contributed by atoms with van der Waals surface area (Å²) in [6.45, 7) is 0. The van der Waals surface area contributed by atoms with Crippen LogP contribution in [0.25, 0.3) is 11.0 Å². The van der Waals surface area contributed by atoms with Gasteiger partial charge in [-0.15, -0.1) is 0 Å². The Hall–Kier alpha value is -2.91. The van der Waals surface area contributed by atoms with Crippen LogP contribution < -0.4 is 10.2 Å². The molecule has 8 nitrogen and oxygen atoms in total. The van der Waals surface area contributed by atoms with Gasteiger partial charge >= 0.3 is 5.91 Å². The molecule has 3 N–H and O–H groups in total. The van der Waals surface area contributed by atoms with Gasteiger partial charge < -0.3 is 4.42 Å². The standard InChI is InChI=1S/C20H21N3O5S/c24-20(22-25)18-19(14-9-4-5-11-16(14)28-18)29(26,27)23-15-10-6-12-21-17(15)13-7-2-1-3-8-13/h4-6,9-13,23,25H,1-3,7-8H2,(H,22,24). The predicted octanol–water partition coefficient (Wildman–Crippen LogP) is 3.80. The molecule has 1 aliphatic rings. The minimum atomic E-state index is -4.20. The maximum absolute atomic E-state index is 13.3. The van der Waals surface area contributed by atoms with Crippen LogP contribution in [-0.2, 0) is 10.0 Å². The predicted molar refractivity (Wildman–Crippen MR) is 106 cm³/mol. The zero-order valence-electron chi connectivity index (χ0n) is 15.6. The SMILES string of the molecule is O=C(NO)c1oc2ccccc2c1S(=O)(=O)Nc1cccnc1C1CCCCC1. The normalized spacial score (nSPS) is 15.3. The van der Waals surface area contributed by atoms with Crippen LogP contribution in [0.5, 0.6) is 0 Å². The highest BCUT2D eigenvalue weighted by molar-refractivity contribution is 7.93.